The summed E-state index contributed by atoms with van der Waals surface area (Å²) in [6, 6.07) is 19.3. The standard InChI is InChI=1S/C23H24N4O4S/c1-26-20-19(21(29)25-22(26)30)27(14-17(28)15-31-18-10-6-3-7-11-18)23(24-20)32-13-12-16-8-4-2-5-9-16/h2-11,17,28H,12-15H2,1H3,(H,25,29,30). The second-order valence-electron chi connectivity index (χ2n) is 7.36. The van der Waals surface area contributed by atoms with E-state index in [1.54, 1.807) is 11.6 Å². The minimum Gasteiger partial charge on any atom is -0.491 e. The van der Waals surface area contributed by atoms with Gasteiger partial charge in [-0.15, -0.1) is 0 Å². The van der Waals surface area contributed by atoms with Gasteiger partial charge in [-0.3, -0.25) is 14.3 Å². The lowest BCUT2D eigenvalue weighted by Gasteiger charge is -2.15. The van der Waals surface area contributed by atoms with E-state index in [0.717, 1.165) is 12.2 Å². The molecule has 2 N–H and O–H groups in total. The number of ether oxygens (including phenoxy) is 1. The zero-order valence-electron chi connectivity index (χ0n) is 17.6. The number of nitrogens with one attached hydrogen (secondary N) is 1. The topological polar surface area (TPSA) is 102 Å². The first kappa shape index (κ1) is 21.9. The number of aryl methyl sites for hydroxylation is 2. The molecule has 1 atom stereocenters. The maximum absolute atomic E-state index is 12.6. The van der Waals surface area contributed by atoms with Crippen molar-refractivity contribution in [2.75, 3.05) is 12.4 Å². The van der Waals surface area contributed by atoms with Crippen LogP contribution in [-0.2, 0) is 20.0 Å². The number of aliphatic hydroxyl groups is 1. The lowest BCUT2D eigenvalue weighted by atomic mass is 10.2. The Labute approximate surface area is 188 Å². The van der Waals surface area contributed by atoms with E-state index in [9.17, 15) is 14.7 Å². The van der Waals surface area contributed by atoms with Crippen LogP contribution >= 0.6 is 11.8 Å². The van der Waals surface area contributed by atoms with Gasteiger partial charge in [0.15, 0.2) is 16.3 Å². The second kappa shape index (κ2) is 9.88. The molecule has 0 saturated heterocycles. The summed E-state index contributed by atoms with van der Waals surface area (Å²) < 4.78 is 8.62. The average molecular weight is 453 g/mol. The number of imidazole rings is 1. The lowest BCUT2D eigenvalue weighted by Crippen LogP contribution is -2.30. The number of thioether (sulfide) groups is 1. The molecule has 0 spiro atoms. The Morgan fingerprint density at radius 1 is 1.09 bits per heavy atom. The highest BCUT2D eigenvalue weighted by Gasteiger charge is 2.20. The highest BCUT2D eigenvalue weighted by atomic mass is 32.2. The molecule has 8 nitrogen and oxygen atoms in total. The number of nitrogens with zero attached hydrogens (tertiary/aromatic N) is 3. The van der Waals surface area contributed by atoms with Crippen molar-refractivity contribution < 1.29 is 9.84 Å². The van der Waals surface area contributed by atoms with E-state index in [-0.39, 0.29) is 24.3 Å². The van der Waals surface area contributed by atoms with Gasteiger partial charge in [-0.05, 0) is 24.1 Å². The Hall–Kier alpha value is -3.30. The number of fused-ring (bicyclic) bond motifs is 1. The summed E-state index contributed by atoms with van der Waals surface area (Å²) in [6.07, 6.45) is -0.0540. The van der Waals surface area contributed by atoms with E-state index in [2.05, 4.69) is 22.1 Å². The first-order valence-electron chi connectivity index (χ1n) is 10.2. The van der Waals surface area contributed by atoms with E-state index in [4.69, 9.17) is 4.74 Å². The molecule has 166 valence electrons. The Kier molecular flexibility index (Phi) is 6.77. The van der Waals surface area contributed by atoms with Crippen molar-refractivity contribution in [3.05, 3.63) is 87.1 Å². The summed E-state index contributed by atoms with van der Waals surface area (Å²) in [5, 5.41) is 11.2. The first-order chi connectivity index (χ1) is 15.5. The van der Waals surface area contributed by atoms with Crippen LogP contribution in [-0.4, -0.2) is 42.7 Å². The summed E-state index contributed by atoms with van der Waals surface area (Å²) in [6.45, 7) is 0.166. The number of benzene rings is 2. The molecule has 0 bridgehead atoms. The van der Waals surface area contributed by atoms with E-state index in [0.29, 0.717) is 10.9 Å². The molecule has 0 radical (unpaired) electrons. The molecule has 2 aromatic carbocycles. The van der Waals surface area contributed by atoms with E-state index >= 15 is 0 Å². The monoisotopic (exact) mass is 452 g/mol. The second-order valence-corrected chi connectivity index (χ2v) is 8.42. The Balaban J connectivity index is 1.58. The largest absolute Gasteiger partial charge is 0.491 e. The smallest absolute Gasteiger partial charge is 0.329 e. The van der Waals surface area contributed by atoms with Crippen LogP contribution in [0, 0.1) is 0 Å². The van der Waals surface area contributed by atoms with Crippen LogP contribution < -0.4 is 16.0 Å². The average Bonchev–Trinajstić information content (AvgIpc) is 3.16. The highest BCUT2D eigenvalue weighted by molar-refractivity contribution is 7.99. The number of aromatic nitrogens is 4. The van der Waals surface area contributed by atoms with Gasteiger partial charge < -0.3 is 14.4 Å². The molecule has 4 rings (SSSR count). The van der Waals surface area contributed by atoms with Crippen LogP contribution in [0.15, 0.2) is 75.4 Å². The molecule has 0 aliphatic heterocycles. The highest BCUT2D eigenvalue weighted by Crippen LogP contribution is 2.23. The minimum absolute atomic E-state index is 0.0570. The number of aliphatic hydroxyl groups excluding tert-OH is 1. The van der Waals surface area contributed by atoms with Gasteiger partial charge >= 0.3 is 5.69 Å². The van der Waals surface area contributed by atoms with Gasteiger partial charge in [0.25, 0.3) is 5.56 Å². The van der Waals surface area contributed by atoms with Crippen LogP contribution in [0.2, 0.25) is 0 Å². The molecule has 2 heterocycles. The minimum atomic E-state index is -0.877. The fraction of sp³-hybridized carbons (Fsp3) is 0.261. The van der Waals surface area contributed by atoms with Crippen molar-refractivity contribution in [1.82, 2.24) is 19.1 Å². The van der Waals surface area contributed by atoms with Gasteiger partial charge in [0.2, 0.25) is 0 Å². The molecule has 0 amide bonds. The molecule has 0 aliphatic rings. The molecule has 9 heteroatoms. The Bertz CT molecular complexity index is 1300. The normalized spacial score (nSPS) is 12.2. The third kappa shape index (κ3) is 4.95. The van der Waals surface area contributed by atoms with Crippen LogP contribution in [0.25, 0.3) is 11.2 Å². The van der Waals surface area contributed by atoms with Crippen molar-refractivity contribution in [2.45, 2.75) is 24.2 Å². The fourth-order valence-electron chi connectivity index (χ4n) is 3.37. The van der Waals surface area contributed by atoms with Crippen molar-refractivity contribution in [3.8, 4) is 5.75 Å². The molecule has 0 fully saturated rings. The van der Waals surface area contributed by atoms with Gasteiger partial charge in [-0.2, -0.15) is 0 Å². The van der Waals surface area contributed by atoms with Crippen molar-refractivity contribution in [3.63, 3.8) is 0 Å². The van der Waals surface area contributed by atoms with E-state index in [1.165, 1.54) is 21.9 Å². The van der Waals surface area contributed by atoms with Crippen LogP contribution in [0.1, 0.15) is 5.56 Å². The molecular weight excluding hydrogens is 428 g/mol. The molecule has 4 aromatic rings. The third-order valence-corrected chi connectivity index (χ3v) is 5.99. The first-order valence-corrected chi connectivity index (χ1v) is 11.2. The van der Waals surface area contributed by atoms with Crippen LogP contribution in [0.5, 0.6) is 5.75 Å². The summed E-state index contributed by atoms with van der Waals surface area (Å²) in [7, 11) is 1.56. The SMILES string of the molecule is Cn1c(=O)[nH]c(=O)c2c1nc(SCCc1ccccc1)n2CC(O)COc1ccccc1. The number of hydrogen-bond donors (Lipinski definition) is 2. The summed E-state index contributed by atoms with van der Waals surface area (Å²) in [4.78, 5) is 31.5. The fourth-order valence-corrected chi connectivity index (χ4v) is 4.36. The number of rotatable bonds is 9. The summed E-state index contributed by atoms with van der Waals surface area (Å²) >= 11 is 1.48. The predicted molar refractivity (Wildman–Crippen MR) is 124 cm³/mol. The maximum atomic E-state index is 12.6. The molecule has 1 unspecified atom stereocenters. The van der Waals surface area contributed by atoms with Gasteiger partial charge in [0.1, 0.15) is 18.5 Å². The molecule has 0 saturated carbocycles. The number of para-hydroxylation sites is 1. The number of hydrogen-bond acceptors (Lipinski definition) is 6. The zero-order chi connectivity index (χ0) is 22.5. The van der Waals surface area contributed by atoms with Gasteiger partial charge in [-0.25, -0.2) is 9.78 Å². The number of H-pyrrole nitrogens is 1. The zero-order valence-corrected chi connectivity index (χ0v) is 18.4. The Morgan fingerprint density at radius 3 is 2.50 bits per heavy atom. The quantitative estimate of drug-likeness (QED) is 0.378. The molecule has 0 aliphatic carbocycles. The predicted octanol–water partition coefficient (Wildman–Crippen LogP) is 2.20. The van der Waals surface area contributed by atoms with E-state index in [1.807, 2.05) is 48.5 Å². The molecule has 32 heavy (non-hydrogen) atoms. The maximum Gasteiger partial charge on any atom is 0.329 e. The van der Waals surface area contributed by atoms with Crippen molar-refractivity contribution in [2.24, 2.45) is 7.05 Å². The van der Waals surface area contributed by atoms with Gasteiger partial charge in [0.05, 0.1) is 6.54 Å². The van der Waals surface area contributed by atoms with Gasteiger partial charge in [-0.1, -0.05) is 60.3 Å². The Morgan fingerprint density at radius 2 is 1.78 bits per heavy atom. The summed E-state index contributed by atoms with van der Waals surface area (Å²) in [5.41, 5.74) is 0.692. The van der Waals surface area contributed by atoms with Crippen LogP contribution in [0.4, 0.5) is 0 Å². The van der Waals surface area contributed by atoms with Crippen molar-refractivity contribution >= 4 is 22.9 Å². The third-order valence-electron chi connectivity index (χ3n) is 5.02. The van der Waals surface area contributed by atoms with Gasteiger partial charge in [0, 0.05) is 12.8 Å². The lowest BCUT2D eigenvalue weighted by molar-refractivity contribution is 0.0914. The van der Waals surface area contributed by atoms with Crippen LogP contribution in [0.3, 0.4) is 0 Å². The molecular formula is C23H24N4O4S. The van der Waals surface area contributed by atoms with Crippen molar-refractivity contribution in [1.29, 1.82) is 0 Å². The van der Waals surface area contributed by atoms with E-state index < -0.39 is 17.4 Å². The summed E-state index contributed by atoms with van der Waals surface area (Å²) in [5.74, 6) is 1.38. The molecule has 2 aromatic heterocycles. The number of aromatic amines is 1.